The van der Waals surface area contributed by atoms with E-state index in [1.165, 1.54) is 12.4 Å². The third-order valence-electron chi connectivity index (χ3n) is 1.61. The number of hydrogen-bond acceptors (Lipinski definition) is 4. The molecule has 2 rings (SSSR count). The van der Waals surface area contributed by atoms with Crippen LogP contribution >= 0.6 is 0 Å². The van der Waals surface area contributed by atoms with Crippen molar-refractivity contribution < 1.29 is 0 Å². The van der Waals surface area contributed by atoms with Crippen LogP contribution < -0.4 is 5.56 Å². The van der Waals surface area contributed by atoms with E-state index < -0.39 is 5.56 Å². The summed E-state index contributed by atoms with van der Waals surface area (Å²) in [7, 11) is 0. The average Bonchev–Trinajstić information content (AvgIpc) is 2.23. The summed E-state index contributed by atoms with van der Waals surface area (Å²) in [5.41, 5.74) is 8.05. The van der Waals surface area contributed by atoms with Gasteiger partial charge in [0.2, 0.25) is 0 Å². The summed E-state index contributed by atoms with van der Waals surface area (Å²) < 4.78 is 1.07. The Hall–Kier alpha value is -2.40. The quantitative estimate of drug-likeness (QED) is 0.379. The molecular weight excluding hydrogens is 184 g/mol. The number of nitrogens with zero attached hydrogens (tertiary/aromatic N) is 6. The lowest BCUT2D eigenvalue weighted by Gasteiger charge is -1.96. The first-order valence-corrected chi connectivity index (χ1v) is 3.71. The van der Waals surface area contributed by atoms with Gasteiger partial charge in [0.1, 0.15) is 5.69 Å². The van der Waals surface area contributed by atoms with Crippen LogP contribution in [0.1, 0.15) is 0 Å². The van der Waals surface area contributed by atoms with Crippen molar-refractivity contribution in [2.45, 2.75) is 0 Å². The summed E-state index contributed by atoms with van der Waals surface area (Å²) >= 11 is 0. The van der Waals surface area contributed by atoms with Gasteiger partial charge in [0.15, 0.2) is 5.65 Å². The van der Waals surface area contributed by atoms with Gasteiger partial charge in [0.05, 0.1) is 0 Å². The topological polar surface area (TPSA) is 96.0 Å². The molecule has 0 unspecified atom stereocenters. The van der Waals surface area contributed by atoms with E-state index >= 15 is 0 Å². The van der Waals surface area contributed by atoms with Crippen molar-refractivity contribution in [1.29, 1.82) is 0 Å². The maximum absolute atomic E-state index is 11.5. The molecule has 0 aliphatic carbocycles. The summed E-state index contributed by atoms with van der Waals surface area (Å²) in [6.45, 7) is 0. The molecule has 0 spiro atoms. The van der Waals surface area contributed by atoms with Gasteiger partial charge in [-0.3, -0.25) is 4.79 Å². The van der Waals surface area contributed by atoms with Crippen molar-refractivity contribution in [3.05, 3.63) is 45.3 Å². The number of hydrogen-bond donors (Lipinski definition) is 0. The van der Waals surface area contributed by atoms with Crippen molar-refractivity contribution in [1.82, 2.24) is 14.6 Å². The Morgan fingerprint density at radius 1 is 1.57 bits per heavy atom. The van der Waals surface area contributed by atoms with E-state index in [-0.39, 0.29) is 5.69 Å². The summed E-state index contributed by atoms with van der Waals surface area (Å²) in [6.07, 6.45) is 2.68. The highest BCUT2D eigenvalue weighted by Gasteiger charge is 2.01. The van der Waals surface area contributed by atoms with Crippen LogP contribution in [0, 0.1) is 0 Å². The second-order valence-corrected chi connectivity index (χ2v) is 2.43. The molecule has 0 saturated carbocycles. The van der Waals surface area contributed by atoms with Gasteiger partial charge >= 0.3 is 0 Å². The molecule has 0 aliphatic heterocycles. The van der Waals surface area contributed by atoms with E-state index in [0.717, 1.165) is 4.52 Å². The minimum atomic E-state index is -0.478. The second kappa shape index (κ2) is 3.15. The fourth-order valence-corrected chi connectivity index (χ4v) is 1.03. The molecule has 68 valence electrons. The van der Waals surface area contributed by atoms with Crippen LogP contribution in [0.5, 0.6) is 0 Å². The van der Waals surface area contributed by atoms with Crippen molar-refractivity contribution in [3.8, 4) is 0 Å². The summed E-state index contributed by atoms with van der Waals surface area (Å²) in [4.78, 5) is 17.9. The first kappa shape index (κ1) is 8.21. The summed E-state index contributed by atoms with van der Waals surface area (Å²) in [5.74, 6) is 0. The van der Waals surface area contributed by atoms with Crippen molar-refractivity contribution >= 4 is 11.3 Å². The Kier molecular flexibility index (Phi) is 1.85. The fourth-order valence-electron chi connectivity index (χ4n) is 1.03. The molecule has 0 saturated heterocycles. The van der Waals surface area contributed by atoms with Gasteiger partial charge in [-0.1, -0.05) is 5.11 Å². The average molecular weight is 188 g/mol. The first-order valence-electron chi connectivity index (χ1n) is 3.71. The third kappa shape index (κ3) is 1.17. The molecule has 7 heteroatoms. The van der Waals surface area contributed by atoms with Gasteiger partial charge in [0.25, 0.3) is 5.56 Å². The van der Waals surface area contributed by atoms with Gasteiger partial charge in [-0.25, -0.2) is 4.98 Å². The minimum Gasteiger partial charge on any atom is -0.267 e. The zero-order valence-corrected chi connectivity index (χ0v) is 6.90. The van der Waals surface area contributed by atoms with Gasteiger partial charge in [-0.15, -0.1) is 0 Å². The molecule has 0 aromatic carbocycles. The number of rotatable bonds is 1. The number of azide groups is 1. The Bertz CT molecular complexity index is 582. The van der Waals surface area contributed by atoms with Crippen LogP contribution in [0.4, 0.5) is 5.69 Å². The molecule has 7 nitrogen and oxygen atoms in total. The van der Waals surface area contributed by atoms with Crippen LogP contribution in [-0.2, 0) is 0 Å². The molecule has 0 bridgehead atoms. The van der Waals surface area contributed by atoms with Crippen LogP contribution in [0.2, 0.25) is 0 Å². The van der Waals surface area contributed by atoms with Crippen molar-refractivity contribution in [2.75, 3.05) is 0 Å². The van der Waals surface area contributed by atoms with E-state index in [1.807, 2.05) is 0 Å². The maximum atomic E-state index is 11.5. The van der Waals surface area contributed by atoms with E-state index in [9.17, 15) is 4.79 Å². The molecule has 0 atom stereocenters. The molecule has 2 aromatic rings. The standard InChI is InChI=1S/C7H4N6O/c8-12-11-5-4-9-6-2-1-3-10-13(6)7(5)14/h1-4H. The molecule has 2 heterocycles. The van der Waals surface area contributed by atoms with Crippen LogP contribution in [0.25, 0.3) is 16.1 Å². The Balaban J connectivity index is 2.88. The van der Waals surface area contributed by atoms with Crippen molar-refractivity contribution in [3.63, 3.8) is 0 Å². The molecule has 14 heavy (non-hydrogen) atoms. The molecule has 0 radical (unpaired) electrons. The van der Waals surface area contributed by atoms with E-state index in [1.54, 1.807) is 12.1 Å². The highest BCUT2D eigenvalue weighted by molar-refractivity contribution is 5.41. The van der Waals surface area contributed by atoms with Crippen molar-refractivity contribution in [2.24, 2.45) is 5.11 Å². The highest BCUT2D eigenvalue weighted by atomic mass is 16.1. The smallest absolute Gasteiger partial charge is 0.267 e. The predicted octanol–water partition coefficient (Wildman–Crippen LogP) is 1.03. The van der Waals surface area contributed by atoms with Crippen LogP contribution in [0.3, 0.4) is 0 Å². The Morgan fingerprint density at radius 2 is 2.43 bits per heavy atom. The van der Waals surface area contributed by atoms with Crippen LogP contribution in [0.15, 0.2) is 34.4 Å². The molecule has 0 fully saturated rings. The molecule has 0 aliphatic rings. The lowest BCUT2D eigenvalue weighted by atomic mass is 10.5. The number of aromatic nitrogens is 3. The lowest BCUT2D eigenvalue weighted by molar-refractivity contribution is 0.865. The molecular formula is C7H4N6O. The van der Waals surface area contributed by atoms with E-state index in [0.29, 0.717) is 5.65 Å². The molecule has 2 aromatic heterocycles. The van der Waals surface area contributed by atoms with Gasteiger partial charge in [-0.05, 0) is 17.7 Å². The van der Waals surface area contributed by atoms with E-state index in [4.69, 9.17) is 5.53 Å². The maximum Gasteiger partial charge on any atom is 0.284 e. The summed E-state index contributed by atoms with van der Waals surface area (Å²) in [5, 5.41) is 6.98. The minimum absolute atomic E-state index is 0.0660. The molecule has 0 amide bonds. The predicted molar refractivity (Wildman–Crippen MR) is 48.1 cm³/mol. The Morgan fingerprint density at radius 3 is 3.21 bits per heavy atom. The largest absolute Gasteiger partial charge is 0.284 e. The monoisotopic (exact) mass is 188 g/mol. The second-order valence-electron chi connectivity index (χ2n) is 2.43. The number of fused-ring (bicyclic) bond motifs is 1. The third-order valence-corrected chi connectivity index (χ3v) is 1.61. The molecule has 0 N–H and O–H groups in total. The zero-order chi connectivity index (χ0) is 9.97. The van der Waals surface area contributed by atoms with Gasteiger partial charge in [0, 0.05) is 17.3 Å². The zero-order valence-electron chi connectivity index (χ0n) is 6.90. The highest BCUT2D eigenvalue weighted by Crippen LogP contribution is 2.03. The van der Waals surface area contributed by atoms with E-state index in [2.05, 4.69) is 20.1 Å². The van der Waals surface area contributed by atoms with Crippen LogP contribution in [-0.4, -0.2) is 14.6 Å². The fraction of sp³-hybridized carbons (Fsp3) is 0. The normalized spacial score (nSPS) is 9.71. The summed E-state index contributed by atoms with van der Waals surface area (Å²) in [6, 6.07) is 3.29. The lowest BCUT2D eigenvalue weighted by Crippen LogP contribution is -2.16. The van der Waals surface area contributed by atoms with Gasteiger partial charge < -0.3 is 0 Å². The Labute approximate surface area is 77.3 Å². The van der Waals surface area contributed by atoms with Gasteiger partial charge in [-0.2, -0.15) is 9.61 Å². The SMILES string of the molecule is [N-]=[N+]=Nc1cnc2cccnn2c1=O. The first-order chi connectivity index (χ1) is 6.83.